The molecule has 2 rings (SSSR count). The van der Waals surface area contributed by atoms with Crippen LogP contribution in [0.25, 0.3) is 0 Å². The van der Waals surface area contributed by atoms with E-state index in [1.54, 1.807) is 17.0 Å². The number of non-ortho nitro benzene ring substituents is 1. The molecule has 0 aliphatic carbocycles. The average molecular weight is 341 g/mol. The number of carbonyl (C=O) groups is 1. The highest BCUT2D eigenvalue weighted by atomic mass is 32.1. The first kappa shape index (κ1) is 19.1. The number of nitrogens with one attached hydrogen (secondary N) is 1. The maximum atomic E-state index is 12.0. The van der Waals surface area contributed by atoms with Crippen LogP contribution in [0.5, 0.6) is 0 Å². The van der Waals surface area contributed by atoms with E-state index in [0.717, 1.165) is 12.1 Å². The SMILES string of the molecule is CC(C)(C)OC(=O)N1CC[C@H](Nc2ccc([N+](=O)[O-])cc2)C1.S. The zero-order valence-corrected chi connectivity index (χ0v) is 14.5. The number of amides is 1. The van der Waals surface area contributed by atoms with Crippen LogP contribution in [0.1, 0.15) is 27.2 Å². The number of anilines is 1. The van der Waals surface area contributed by atoms with E-state index in [9.17, 15) is 14.9 Å². The van der Waals surface area contributed by atoms with Gasteiger partial charge in [0.2, 0.25) is 0 Å². The zero-order valence-electron chi connectivity index (χ0n) is 13.5. The summed E-state index contributed by atoms with van der Waals surface area (Å²) in [6.07, 6.45) is 0.511. The Kier molecular flexibility index (Phi) is 6.26. The number of nitro benzene ring substituents is 1. The fourth-order valence-corrected chi connectivity index (χ4v) is 2.29. The minimum absolute atomic E-state index is 0. The Balaban J connectivity index is 0.00000264. The molecule has 1 atom stereocenters. The second kappa shape index (κ2) is 7.54. The Labute approximate surface area is 142 Å². The van der Waals surface area contributed by atoms with Gasteiger partial charge in [0.15, 0.2) is 0 Å². The molecule has 0 unspecified atom stereocenters. The molecular weight excluding hydrogens is 318 g/mol. The van der Waals surface area contributed by atoms with Gasteiger partial charge in [-0.05, 0) is 39.3 Å². The maximum absolute atomic E-state index is 12.0. The molecule has 1 fully saturated rings. The highest BCUT2D eigenvalue weighted by Gasteiger charge is 2.29. The van der Waals surface area contributed by atoms with Gasteiger partial charge in [-0.1, -0.05) is 0 Å². The lowest BCUT2D eigenvalue weighted by Crippen LogP contribution is -2.36. The molecule has 0 bridgehead atoms. The van der Waals surface area contributed by atoms with Crippen molar-refractivity contribution in [1.82, 2.24) is 4.90 Å². The third-order valence-corrected chi connectivity index (χ3v) is 3.29. The molecule has 8 heteroatoms. The Morgan fingerprint density at radius 3 is 2.48 bits per heavy atom. The summed E-state index contributed by atoms with van der Waals surface area (Å²) < 4.78 is 5.35. The number of rotatable bonds is 3. The third-order valence-electron chi connectivity index (χ3n) is 3.29. The molecular formula is C15H23N3O4S. The van der Waals surface area contributed by atoms with Gasteiger partial charge in [0.25, 0.3) is 5.69 Å². The van der Waals surface area contributed by atoms with E-state index >= 15 is 0 Å². The molecule has 0 radical (unpaired) electrons. The van der Waals surface area contributed by atoms with E-state index in [0.29, 0.717) is 13.1 Å². The summed E-state index contributed by atoms with van der Waals surface area (Å²) in [7, 11) is 0. The Hall–Kier alpha value is -1.96. The van der Waals surface area contributed by atoms with Crippen LogP contribution < -0.4 is 5.32 Å². The van der Waals surface area contributed by atoms with Crippen molar-refractivity contribution in [2.24, 2.45) is 0 Å². The highest BCUT2D eigenvalue weighted by molar-refractivity contribution is 7.59. The predicted molar refractivity (Wildman–Crippen MR) is 93.3 cm³/mol. The zero-order chi connectivity index (χ0) is 16.3. The van der Waals surface area contributed by atoms with E-state index < -0.39 is 10.5 Å². The molecule has 1 N–H and O–H groups in total. The predicted octanol–water partition coefficient (Wildman–Crippen LogP) is 3.13. The molecule has 0 spiro atoms. The summed E-state index contributed by atoms with van der Waals surface area (Å²) in [5.41, 5.74) is 0.370. The van der Waals surface area contributed by atoms with Gasteiger partial charge in [-0.3, -0.25) is 10.1 Å². The third kappa shape index (κ3) is 5.63. The minimum Gasteiger partial charge on any atom is -0.444 e. The lowest BCUT2D eigenvalue weighted by molar-refractivity contribution is -0.384. The Bertz CT molecular complexity index is 557. The van der Waals surface area contributed by atoms with Crippen LogP contribution >= 0.6 is 13.5 Å². The molecule has 0 saturated carbocycles. The van der Waals surface area contributed by atoms with Gasteiger partial charge in [0.1, 0.15) is 5.60 Å². The van der Waals surface area contributed by atoms with E-state index in [1.807, 2.05) is 20.8 Å². The van der Waals surface area contributed by atoms with Crippen molar-refractivity contribution >= 4 is 31.0 Å². The molecule has 1 aliphatic heterocycles. The van der Waals surface area contributed by atoms with E-state index in [4.69, 9.17) is 4.74 Å². The number of nitrogens with zero attached hydrogens (tertiary/aromatic N) is 2. The first-order valence-electron chi connectivity index (χ1n) is 7.23. The number of nitro groups is 1. The average Bonchev–Trinajstić information content (AvgIpc) is 2.86. The Morgan fingerprint density at radius 2 is 1.96 bits per heavy atom. The number of likely N-dealkylation sites (tertiary alicyclic amines) is 1. The summed E-state index contributed by atoms with van der Waals surface area (Å²) >= 11 is 0. The molecule has 1 saturated heterocycles. The fraction of sp³-hybridized carbons (Fsp3) is 0.533. The van der Waals surface area contributed by atoms with Crippen molar-refractivity contribution in [3.05, 3.63) is 34.4 Å². The first-order chi connectivity index (χ1) is 10.2. The van der Waals surface area contributed by atoms with Crippen molar-refractivity contribution in [3.8, 4) is 0 Å². The molecule has 1 aromatic rings. The molecule has 128 valence electrons. The monoisotopic (exact) mass is 341 g/mol. The van der Waals surface area contributed by atoms with Gasteiger partial charge < -0.3 is 15.0 Å². The van der Waals surface area contributed by atoms with Crippen LogP contribution in [0.2, 0.25) is 0 Å². The number of benzene rings is 1. The molecule has 1 aliphatic rings. The molecule has 1 aromatic carbocycles. The van der Waals surface area contributed by atoms with Crippen LogP contribution in [0.15, 0.2) is 24.3 Å². The molecule has 23 heavy (non-hydrogen) atoms. The lowest BCUT2D eigenvalue weighted by Gasteiger charge is -2.24. The van der Waals surface area contributed by atoms with Crippen LogP contribution in [-0.2, 0) is 4.74 Å². The van der Waals surface area contributed by atoms with Crippen LogP contribution in [0.3, 0.4) is 0 Å². The summed E-state index contributed by atoms with van der Waals surface area (Å²) in [4.78, 5) is 23.8. The number of carbonyl (C=O) groups excluding carboxylic acids is 1. The van der Waals surface area contributed by atoms with Crippen molar-refractivity contribution in [2.45, 2.75) is 38.8 Å². The number of ether oxygens (including phenoxy) is 1. The quantitative estimate of drug-likeness (QED) is 0.674. The van der Waals surface area contributed by atoms with Crippen molar-refractivity contribution in [3.63, 3.8) is 0 Å². The number of hydrogen-bond donors (Lipinski definition) is 1. The van der Waals surface area contributed by atoms with Crippen LogP contribution in [0.4, 0.5) is 16.2 Å². The first-order valence-corrected chi connectivity index (χ1v) is 7.23. The second-order valence-electron chi connectivity index (χ2n) is 6.36. The van der Waals surface area contributed by atoms with Crippen molar-refractivity contribution in [1.29, 1.82) is 0 Å². The minimum atomic E-state index is -0.499. The summed E-state index contributed by atoms with van der Waals surface area (Å²) in [5, 5.41) is 13.9. The normalized spacial score (nSPS) is 17.3. The van der Waals surface area contributed by atoms with Crippen molar-refractivity contribution in [2.75, 3.05) is 18.4 Å². The fourth-order valence-electron chi connectivity index (χ4n) is 2.29. The smallest absolute Gasteiger partial charge is 0.410 e. The largest absolute Gasteiger partial charge is 0.444 e. The van der Waals surface area contributed by atoms with Gasteiger partial charge >= 0.3 is 6.09 Å². The van der Waals surface area contributed by atoms with Crippen LogP contribution in [-0.4, -0.2) is 40.6 Å². The second-order valence-corrected chi connectivity index (χ2v) is 6.36. The Morgan fingerprint density at radius 1 is 1.35 bits per heavy atom. The van der Waals surface area contributed by atoms with Gasteiger partial charge in [0.05, 0.1) is 4.92 Å². The molecule has 1 heterocycles. The van der Waals surface area contributed by atoms with Gasteiger partial charge in [-0.15, -0.1) is 0 Å². The van der Waals surface area contributed by atoms with Gasteiger partial charge in [-0.2, -0.15) is 13.5 Å². The topological polar surface area (TPSA) is 84.7 Å². The highest BCUT2D eigenvalue weighted by Crippen LogP contribution is 2.20. The molecule has 1 amide bonds. The van der Waals surface area contributed by atoms with E-state index in [1.165, 1.54) is 12.1 Å². The van der Waals surface area contributed by atoms with Crippen molar-refractivity contribution < 1.29 is 14.5 Å². The van der Waals surface area contributed by atoms with Crippen LogP contribution in [0, 0.1) is 10.1 Å². The molecule has 0 aromatic heterocycles. The number of hydrogen-bond acceptors (Lipinski definition) is 5. The van der Waals surface area contributed by atoms with Gasteiger partial charge in [0, 0.05) is 37.0 Å². The summed E-state index contributed by atoms with van der Waals surface area (Å²) in [6, 6.07) is 6.39. The summed E-state index contributed by atoms with van der Waals surface area (Å²) in [6.45, 7) is 6.72. The van der Waals surface area contributed by atoms with E-state index in [-0.39, 0.29) is 31.3 Å². The van der Waals surface area contributed by atoms with E-state index in [2.05, 4.69) is 5.32 Å². The van der Waals surface area contributed by atoms with Gasteiger partial charge in [-0.25, -0.2) is 4.79 Å². The molecule has 7 nitrogen and oxygen atoms in total. The lowest BCUT2D eigenvalue weighted by atomic mass is 10.2. The standard InChI is InChI=1S/C15H21N3O4.H2S/c1-15(2,3)22-14(19)17-9-8-12(10-17)16-11-4-6-13(7-5-11)18(20)21;/h4-7,12,16H,8-10H2,1-3H3;1H2/t12-;/m0./s1. The maximum Gasteiger partial charge on any atom is 0.410 e. The summed E-state index contributed by atoms with van der Waals surface area (Å²) in [5.74, 6) is 0.